The van der Waals surface area contributed by atoms with Gasteiger partial charge in [0.2, 0.25) is 0 Å². The van der Waals surface area contributed by atoms with Crippen molar-refractivity contribution in [2.24, 2.45) is 5.92 Å². The molecule has 9 nitrogen and oxygen atoms in total. The third-order valence-electron chi connectivity index (χ3n) is 5.14. The number of fused-ring (bicyclic) bond motifs is 1. The van der Waals surface area contributed by atoms with Gasteiger partial charge in [0.05, 0.1) is 18.3 Å². The molecule has 9 heteroatoms. The number of nitrogens with one attached hydrogen (secondary N) is 1. The Kier molecular flexibility index (Phi) is 4.43. The van der Waals surface area contributed by atoms with Crippen molar-refractivity contribution in [3.05, 3.63) is 41.7 Å². The molecule has 3 aromatic heterocycles. The van der Waals surface area contributed by atoms with E-state index < -0.39 is 0 Å². The van der Waals surface area contributed by atoms with Crippen LogP contribution in [0.3, 0.4) is 0 Å². The zero-order valence-electron chi connectivity index (χ0n) is 15.6. The lowest BCUT2D eigenvalue weighted by molar-refractivity contribution is 0.0511. The van der Waals surface area contributed by atoms with Crippen molar-refractivity contribution in [2.75, 3.05) is 6.54 Å². The second-order valence-corrected chi connectivity index (χ2v) is 6.84. The van der Waals surface area contributed by atoms with Gasteiger partial charge in [0.15, 0.2) is 17.3 Å². The van der Waals surface area contributed by atoms with E-state index in [2.05, 4.69) is 39.3 Å². The Morgan fingerprint density at radius 2 is 2.22 bits per heavy atom. The minimum absolute atomic E-state index is 0.122. The first-order valence-corrected chi connectivity index (χ1v) is 9.13. The van der Waals surface area contributed by atoms with Gasteiger partial charge in [0.25, 0.3) is 5.91 Å². The van der Waals surface area contributed by atoms with Crippen LogP contribution in [0.25, 0.3) is 11.4 Å². The lowest BCUT2D eigenvalue weighted by atomic mass is 9.95. The molecular weight excluding hydrogens is 344 g/mol. The second kappa shape index (κ2) is 6.90. The highest BCUT2D eigenvalue weighted by atomic mass is 16.2. The van der Waals surface area contributed by atoms with E-state index in [1.54, 1.807) is 19.3 Å². The van der Waals surface area contributed by atoms with E-state index >= 15 is 0 Å². The van der Waals surface area contributed by atoms with Gasteiger partial charge >= 0.3 is 0 Å². The Balaban J connectivity index is 1.74. The van der Waals surface area contributed by atoms with Gasteiger partial charge in [-0.2, -0.15) is 20.5 Å². The van der Waals surface area contributed by atoms with E-state index in [4.69, 9.17) is 4.98 Å². The molecule has 0 spiro atoms. The van der Waals surface area contributed by atoms with Crippen molar-refractivity contribution in [3.63, 3.8) is 0 Å². The van der Waals surface area contributed by atoms with E-state index in [0.29, 0.717) is 30.3 Å². The smallest absolute Gasteiger partial charge is 0.277 e. The van der Waals surface area contributed by atoms with Crippen LogP contribution in [0.2, 0.25) is 0 Å². The number of amides is 1. The first-order valence-electron chi connectivity index (χ1n) is 9.13. The standard InChI is InChI=1S/C18H22N8O/c1-4-11(2)15-17-20-16(13-6-5-7-19-10-13)23-26(17)9-8-25(15)18(27)14-12(3)21-24-22-14/h5-7,10-11,15H,4,8-9H2,1-3H3,(H,21,22,24)/t11-,15-/m0/s1. The fraction of sp³-hybridized carbons (Fsp3) is 0.444. The van der Waals surface area contributed by atoms with Crippen LogP contribution in [-0.2, 0) is 6.54 Å². The van der Waals surface area contributed by atoms with Crippen LogP contribution >= 0.6 is 0 Å². The van der Waals surface area contributed by atoms with Crippen LogP contribution in [0.5, 0.6) is 0 Å². The number of carbonyl (C=O) groups is 1. The fourth-order valence-corrected chi connectivity index (χ4v) is 3.47. The molecule has 0 fully saturated rings. The van der Waals surface area contributed by atoms with Crippen molar-refractivity contribution < 1.29 is 4.79 Å². The number of H-pyrrole nitrogens is 1. The van der Waals surface area contributed by atoms with Crippen LogP contribution in [0, 0.1) is 12.8 Å². The first kappa shape index (κ1) is 17.3. The summed E-state index contributed by atoms with van der Waals surface area (Å²) in [5.74, 6) is 1.55. The highest BCUT2D eigenvalue weighted by Crippen LogP contribution is 2.34. The topological polar surface area (TPSA) is 105 Å². The van der Waals surface area contributed by atoms with Crippen LogP contribution in [0.15, 0.2) is 24.5 Å². The molecule has 0 aromatic carbocycles. The Bertz CT molecular complexity index is 947. The third-order valence-corrected chi connectivity index (χ3v) is 5.14. The average Bonchev–Trinajstić information content (AvgIpc) is 3.32. The highest BCUT2D eigenvalue weighted by Gasteiger charge is 2.38. The average molecular weight is 366 g/mol. The van der Waals surface area contributed by atoms with Crippen molar-refractivity contribution in [1.82, 2.24) is 40.1 Å². The fourth-order valence-electron chi connectivity index (χ4n) is 3.47. The summed E-state index contributed by atoms with van der Waals surface area (Å²) in [6.07, 6.45) is 4.39. The molecule has 4 heterocycles. The molecule has 0 saturated heterocycles. The third kappa shape index (κ3) is 2.98. The molecule has 27 heavy (non-hydrogen) atoms. The Morgan fingerprint density at radius 1 is 1.37 bits per heavy atom. The Hall–Kier alpha value is -3.10. The molecule has 0 bridgehead atoms. The summed E-state index contributed by atoms with van der Waals surface area (Å²) in [7, 11) is 0. The van der Waals surface area contributed by atoms with E-state index in [1.807, 2.05) is 21.7 Å². The number of nitrogens with zero attached hydrogens (tertiary/aromatic N) is 7. The van der Waals surface area contributed by atoms with Crippen LogP contribution in [0.4, 0.5) is 0 Å². The molecule has 1 aliphatic rings. The van der Waals surface area contributed by atoms with Crippen molar-refractivity contribution in [1.29, 1.82) is 0 Å². The van der Waals surface area contributed by atoms with Crippen LogP contribution < -0.4 is 0 Å². The van der Waals surface area contributed by atoms with Gasteiger partial charge in [0.1, 0.15) is 0 Å². The van der Waals surface area contributed by atoms with E-state index in [1.165, 1.54) is 0 Å². The number of aromatic amines is 1. The summed E-state index contributed by atoms with van der Waals surface area (Å²) in [6.45, 7) is 7.18. The first-order chi connectivity index (χ1) is 13.1. The molecular formula is C18H22N8O. The minimum atomic E-state index is -0.162. The zero-order chi connectivity index (χ0) is 19.0. The molecule has 4 rings (SSSR count). The summed E-state index contributed by atoms with van der Waals surface area (Å²) in [5.41, 5.74) is 1.84. The van der Waals surface area contributed by atoms with Crippen LogP contribution in [-0.4, -0.2) is 52.5 Å². The summed E-state index contributed by atoms with van der Waals surface area (Å²) in [6, 6.07) is 3.64. The summed E-state index contributed by atoms with van der Waals surface area (Å²) in [5, 5.41) is 15.2. The number of aryl methyl sites for hydroxylation is 1. The lowest BCUT2D eigenvalue weighted by Gasteiger charge is -2.37. The SMILES string of the molecule is CC[C@H](C)[C@H]1c2nc(-c3cccnc3)nn2CCN1C(=O)c1n[nH]nc1C. The summed E-state index contributed by atoms with van der Waals surface area (Å²) < 4.78 is 1.92. The maximum Gasteiger partial charge on any atom is 0.277 e. The van der Waals surface area contributed by atoms with Gasteiger partial charge in [-0.3, -0.25) is 9.78 Å². The monoisotopic (exact) mass is 366 g/mol. The zero-order valence-corrected chi connectivity index (χ0v) is 15.6. The van der Waals surface area contributed by atoms with Gasteiger partial charge in [-0.25, -0.2) is 9.67 Å². The van der Waals surface area contributed by atoms with E-state index in [9.17, 15) is 4.79 Å². The van der Waals surface area contributed by atoms with E-state index in [-0.39, 0.29) is 17.9 Å². The largest absolute Gasteiger partial charge is 0.325 e. The van der Waals surface area contributed by atoms with Gasteiger partial charge < -0.3 is 4.90 Å². The molecule has 1 amide bonds. The van der Waals surface area contributed by atoms with Gasteiger partial charge in [-0.05, 0) is 25.0 Å². The number of hydrogen-bond acceptors (Lipinski definition) is 6. The predicted molar refractivity (Wildman–Crippen MR) is 97.6 cm³/mol. The second-order valence-electron chi connectivity index (χ2n) is 6.84. The number of carbonyl (C=O) groups excluding carboxylic acids is 1. The molecule has 0 aliphatic carbocycles. The highest BCUT2D eigenvalue weighted by molar-refractivity contribution is 5.93. The number of rotatable bonds is 4. The van der Waals surface area contributed by atoms with Gasteiger partial charge in [0, 0.05) is 24.5 Å². The molecule has 1 aliphatic heterocycles. The van der Waals surface area contributed by atoms with Gasteiger partial charge in [-0.1, -0.05) is 20.3 Å². The van der Waals surface area contributed by atoms with E-state index in [0.717, 1.165) is 17.8 Å². The number of aromatic nitrogens is 7. The molecule has 3 aromatic rings. The van der Waals surface area contributed by atoms with Crippen LogP contribution in [0.1, 0.15) is 48.3 Å². The molecule has 0 unspecified atom stereocenters. The summed E-state index contributed by atoms with van der Waals surface area (Å²) >= 11 is 0. The van der Waals surface area contributed by atoms with Crippen molar-refractivity contribution in [2.45, 2.75) is 39.8 Å². The maximum absolute atomic E-state index is 13.1. The normalized spacial score (nSPS) is 17.6. The molecule has 140 valence electrons. The molecule has 2 atom stereocenters. The summed E-state index contributed by atoms with van der Waals surface area (Å²) in [4.78, 5) is 23.9. The quantitative estimate of drug-likeness (QED) is 0.757. The minimum Gasteiger partial charge on any atom is -0.325 e. The number of pyridine rings is 1. The lowest BCUT2D eigenvalue weighted by Crippen LogP contribution is -2.45. The van der Waals surface area contributed by atoms with Crippen molar-refractivity contribution in [3.8, 4) is 11.4 Å². The number of hydrogen-bond donors (Lipinski definition) is 1. The Labute approximate surface area is 156 Å². The molecule has 1 N–H and O–H groups in total. The Morgan fingerprint density at radius 3 is 2.89 bits per heavy atom. The maximum atomic E-state index is 13.1. The molecule has 0 saturated carbocycles. The molecule has 0 radical (unpaired) electrons. The predicted octanol–water partition coefficient (Wildman–Crippen LogP) is 2.01. The van der Waals surface area contributed by atoms with Gasteiger partial charge in [-0.15, -0.1) is 0 Å². The van der Waals surface area contributed by atoms with Crippen molar-refractivity contribution >= 4 is 5.91 Å².